The molecule has 0 fully saturated rings. The Morgan fingerprint density at radius 2 is 1.57 bits per heavy atom. The number of ether oxygens (including phenoxy) is 1. The van der Waals surface area contributed by atoms with Crippen LogP contribution in [0.4, 0.5) is 17.6 Å². The summed E-state index contributed by atoms with van der Waals surface area (Å²) in [5.41, 5.74) is 0.746. The van der Waals surface area contributed by atoms with E-state index in [4.69, 9.17) is 4.74 Å². The van der Waals surface area contributed by atoms with E-state index in [9.17, 15) is 22.8 Å². The number of nitriles is 1. The molecule has 0 N–H and O–H groups in total. The van der Waals surface area contributed by atoms with E-state index in [0.717, 1.165) is 29.0 Å². The van der Waals surface area contributed by atoms with Crippen LogP contribution in [-0.4, -0.2) is 4.98 Å². The minimum absolute atomic E-state index is 0.0258. The lowest BCUT2D eigenvalue weighted by atomic mass is 10.1. The Balaban J connectivity index is 1.60. The van der Waals surface area contributed by atoms with Gasteiger partial charge in [-0.25, -0.2) is 9.37 Å². The largest absolute Gasteiger partial charge is 0.489 e. The van der Waals surface area contributed by atoms with Crippen molar-refractivity contribution in [2.75, 3.05) is 0 Å². The van der Waals surface area contributed by atoms with Gasteiger partial charge in [0.15, 0.2) is 0 Å². The monoisotopic (exact) mass is 494 g/mol. The minimum atomic E-state index is -4.71. The third-order valence-corrected chi connectivity index (χ3v) is 6.14. The summed E-state index contributed by atoms with van der Waals surface area (Å²) in [6.07, 6.45) is -4.71. The first kappa shape index (κ1) is 24.3. The fourth-order valence-corrected chi connectivity index (χ4v) is 4.26. The van der Waals surface area contributed by atoms with Crippen LogP contribution in [0.15, 0.2) is 90.0 Å². The van der Waals surface area contributed by atoms with Crippen molar-refractivity contribution in [2.24, 2.45) is 0 Å². The highest BCUT2D eigenvalue weighted by atomic mass is 32.2. The Labute approximate surface area is 204 Å². The molecule has 176 valence electrons. The van der Waals surface area contributed by atoms with E-state index in [1.807, 2.05) is 30.3 Å². The van der Waals surface area contributed by atoms with E-state index in [2.05, 4.69) is 4.98 Å². The van der Waals surface area contributed by atoms with Crippen LogP contribution in [0.25, 0.3) is 11.3 Å². The van der Waals surface area contributed by atoms with Crippen molar-refractivity contribution in [3.8, 4) is 23.1 Å². The molecule has 8 heteroatoms. The second-order valence-electron chi connectivity index (χ2n) is 7.56. The van der Waals surface area contributed by atoms with Crippen LogP contribution in [0.2, 0.25) is 0 Å². The molecule has 0 amide bonds. The second-order valence-corrected chi connectivity index (χ2v) is 8.52. The molecular weight excluding hydrogens is 476 g/mol. The van der Waals surface area contributed by atoms with Crippen LogP contribution in [0, 0.1) is 17.1 Å². The molecule has 0 aliphatic carbocycles. The number of rotatable bonds is 7. The fourth-order valence-electron chi connectivity index (χ4n) is 3.30. The third-order valence-electron chi connectivity index (χ3n) is 5.09. The number of benzene rings is 3. The van der Waals surface area contributed by atoms with Crippen molar-refractivity contribution in [3.05, 3.63) is 113 Å². The topological polar surface area (TPSA) is 45.9 Å². The summed E-state index contributed by atoms with van der Waals surface area (Å²) in [7, 11) is 0. The Kier molecular flexibility index (Phi) is 7.37. The fraction of sp³-hybridized carbons (Fsp3) is 0.111. The van der Waals surface area contributed by atoms with E-state index < -0.39 is 17.3 Å². The number of alkyl halides is 3. The lowest BCUT2D eigenvalue weighted by molar-refractivity contribution is -0.138. The van der Waals surface area contributed by atoms with Gasteiger partial charge in [0.1, 0.15) is 29.3 Å². The van der Waals surface area contributed by atoms with Crippen LogP contribution in [-0.2, 0) is 18.5 Å². The molecule has 0 unspecified atom stereocenters. The number of hydrogen-bond acceptors (Lipinski definition) is 4. The molecule has 1 aromatic heterocycles. The minimum Gasteiger partial charge on any atom is -0.489 e. The van der Waals surface area contributed by atoms with E-state index in [-0.39, 0.29) is 23.1 Å². The number of hydrogen-bond donors (Lipinski definition) is 0. The van der Waals surface area contributed by atoms with Gasteiger partial charge >= 0.3 is 6.18 Å². The first-order valence-corrected chi connectivity index (χ1v) is 11.5. The van der Waals surface area contributed by atoms with Gasteiger partial charge in [0, 0.05) is 11.3 Å². The van der Waals surface area contributed by atoms with Gasteiger partial charge in [0.05, 0.1) is 16.8 Å². The lowest BCUT2D eigenvalue weighted by Crippen LogP contribution is -2.10. The van der Waals surface area contributed by atoms with Crippen LogP contribution < -0.4 is 4.74 Å². The van der Waals surface area contributed by atoms with Crippen molar-refractivity contribution >= 4 is 11.8 Å². The van der Waals surface area contributed by atoms with Gasteiger partial charge in [-0.3, -0.25) is 0 Å². The normalized spacial score (nSPS) is 11.2. The first-order chi connectivity index (χ1) is 16.8. The quantitative estimate of drug-likeness (QED) is 0.196. The van der Waals surface area contributed by atoms with Crippen LogP contribution in [0.3, 0.4) is 0 Å². The molecule has 0 saturated heterocycles. The molecule has 0 aliphatic rings. The maximum Gasteiger partial charge on any atom is 0.417 e. The molecule has 4 rings (SSSR count). The molecule has 0 aliphatic heterocycles. The SMILES string of the molecule is N#Cc1c(C(F)(F)F)cc(-c2ccc(OCc3ccc(F)cc3)cc2)nc1SCc1ccccc1. The average molecular weight is 495 g/mol. The van der Waals surface area contributed by atoms with Crippen molar-refractivity contribution in [3.63, 3.8) is 0 Å². The molecule has 0 spiro atoms. The highest BCUT2D eigenvalue weighted by molar-refractivity contribution is 7.98. The van der Waals surface area contributed by atoms with Crippen molar-refractivity contribution < 1.29 is 22.3 Å². The zero-order valence-electron chi connectivity index (χ0n) is 18.2. The summed E-state index contributed by atoms with van der Waals surface area (Å²) in [5, 5.41) is 9.51. The molecule has 0 bridgehead atoms. The van der Waals surface area contributed by atoms with Crippen LogP contribution in [0.5, 0.6) is 5.75 Å². The van der Waals surface area contributed by atoms with E-state index >= 15 is 0 Å². The maximum atomic E-state index is 13.8. The standard InChI is InChI=1S/C27H18F4N2OS/c28-21-10-6-18(7-11-21)16-34-22-12-8-20(9-13-22)25-14-24(27(29,30)31)23(15-32)26(33-25)35-17-19-4-2-1-3-5-19/h1-14H,16-17H2. The first-order valence-electron chi connectivity index (χ1n) is 10.5. The maximum absolute atomic E-state index is 13.8. The molecule has 0 radical (unpaired) electrons. The van der Waals surface area contributed by atoms with Crippen molar-refractivity contribution in [1.82, 2.24) is 4.98 Å². The van der Waals surface area contributed by atoms with Gasteiger partial charge in [0.2, 0.25) is 0 Å². The highest BCUT2D eigenvalue weighted by Gasteiger charge is 2.36. The number of nitrogens with zero attached hydrogens (tertiary/aromatic N) is 2. The molecule has 0 saturated carbocycles. The molecule has 3 aromatic carbocycles. The Hall–Kier alpha value is -3.83. The van der Waals surface area contributed by atoms with Crippen LogP contribution in [0.1, 0.15) is 22.3 Å². The zero-order valence-corrected chi connectivity index (χ0v) is 19.0. The summed E-state index contributed by atoms with van der Waals surface area (Å²) >= 11 is 1.09. The summed E-state index contributed by atoms with van der Waals surface area (Å²) in [6, 6.07) is 24.2. The third kappa shape index (κ3) is 6.19. The molecule has 3 nitrogen and oxygen atoms in total. The molecule has 0 atom stereocenters. The van der Waals surface area contributed by atoms with Crippen molar-refractivity contribution in [1.29, 1.82) is 5.26 Å². The summed E-state index contributed by atoms with van der Waals surface area (Å²) in [4.78, 5) is 4.40. The molecule has 35 heavy (non-hydrogen) atoms. The number of halogens is 4. The van der Waals surface area contributed by atoms with Gasteiger partial charge in [-0.1, -0.05) is 42.5 Å². The van der Waals surface area contributed by atoms with E-state index in [1.165, 1.54) is 12.1 Å². The number of pyridine rings is 1. The van der Waals surface area contributed by atoms with Gasteiger partial charge in [-0.2, -0.15) is 18.4 Å². The molecular formula is C27H18F4N2OS. The second kappa shape index (κ2) is 10.6. The Morgan fingerprint density at radius 1 is 0.886 bits per heavy atom. The Bertz CT molecular complexity index is 1330. The summed E-state index contributed by atoms with van der Waals surface area (Å²) in [5.74, 6) is 0.536. The summed E-state index contributed by atoms with van der Waals surface area (Å²) < 4.78 is 60.1. The Morgan fingerprint density at radius 3 is 2.20 bits per heavy atom. The predicted molar refractivity (Wildman–Crippen MR) is 126 cm³/mol. The van der Waals surface area contributed by atoms with Crippen LogP contribution >= 0.6 is 11.8 Å². The smallest absolute Gasteiger partial charge is 0.417 e. The lowest BCUT2D eigenvalue weighted by Gasteiger charge is -2.14. The van der Waals surface area contributed by atoms with Gasteiger partial charge < -0.3 is 4.74 Å². The molecule has 1 heterocycles. The number of thioether (sulfide) groups is 1. The summed E-state index contributed by atoms with van der Waals surface area (Å²) in [6.45, 7) is 0.216. The van der Waals surface area contributed by atoms with Gasteiger partial charge in [-0.05, 0) is 53.6 Å². The zero-order chi connectivity index (χ0) is 24.8. The van der Waals surface area contributed by atoms with Crippen molar-refractivity contribution in [2.45, 2.75) is 23.6 Å². The number of aromatic nitrogens is 1. The highest BCUT2D eigenvalue weighted by Crippen LogP contribution is 2.38. The van der Waals surface area contributed by atoms with Gasteiger partial charge in [0.25, 0.3) is 0 Å². The van der Waals surface area contributed by atoms with Gasteiger partial charge in [-0.15, -0.1) is 11.8 Å². The van der Waals surface area contributed by atoms with E-state index in [1.54, 1.807) is 42.5 Å². The average Bonchev–Trinajstić information content (AvgIpc) is 2.87. The van der Waals surface area contributed by atoms with E-state index in [0.29, 0.717) is 17.1 Å². The predicted octanol–water partition coefficient (Wildman–Crippen LogP) is 7.65. The molecule has 4 aromatic rings.